The molecule has 6 nitrogen and oxygen atoms in total. The molecule has 1 fully saturated rings. The summed E-state index contributed by atoms with van der Waals surface area (Å²) in [5, 5.41) is 3.80. The van der Waals surface area contributed by atoms with Gasteiger partial charge in [0.1, 0.15) is 0 Å². The molecule has 6 heteroatoms. The van der Waals surface area contributed by atoms with Crippen LogP contribution in [-0.4, -0.2) is 33.9 Å². The van der Waals surface area contributed by atoms with Gasteiger partial charge in [0.2, 0.25) is 0 Å². The number of nitrogens with zero attached hydrogens (tertiary/aromatic N) is 4. The topological polar surface area (TPSA) is 71.0 Å². The molecule has 1 aliphatic heterocycles. The summed E-state index contributed by atoms with van der Waals surface area (Å²) in [7, 11) is 0. The van der Waals surface area contributed by atoms with Gasteiger partial charge in [0, 0.05) is 24.7 Å². The van der Waals surface area contributed by atoms with Crippen LogP contribution >= 0.6 is 0 Å². The van der Waals surface area contributed by atoms with Crippen LogP contribution in [0.15, 0.2) is 42.7 Å². The lowest BCUT2D eigenvalue weighted by Gasteiger charge is -2.28. The van der Waals surface area contributed by atoms with Crippen LogP contribution in [0.25, 0.3) is 11.0 Å². The Labute approximate surface area is 158 Å². The number of nitrogens with one attached hydrogen (secondary N) is 1. The van der Waals surface area contributed by atoms with E-state index in [1.54, 1.807) is 6.20 Å². The minimum Gasteiger partial charge on any atom is -0.370 e. The molecular formula is C21H23N5O. The summed E-state index contributed by atoms with van der Waals surface area (Å²) in [5.41, 5.74) is 3.90. The predicted molar refractivity (Wildman–Crippen MR) is 106 cm³/mol. The number of carbonyl (C=O) groups is 1. The van der Waals surface area contributed by atoms with Gasteiger partial charge < -0.3 is 10.2 Å². The van der Waals surface area contributed by atoms with Gasteiger partial charge in [0.25, 0.3) is 5.91 Å². The lowest BCUT2D eigenvalue weighted by atomic mass is 10.1. The van der Waals surface area contributed by atoms with Gasteiger partial charge in [-0.15, -0.1) is 0 Å². The Morgan fingerprint density at radius 2 is 2.00 bits per heavy atom. The Kier molecular flexibility index (Phi) is 4.96. The van der Waals surface area contributed by atoms with Crippen molar-refractivity contribution in [3.63, 3.8) is 0 Å². The molecule has 0 spiro atoms. The third kappa shape index (κ3) is 3.89. The highest BCUT2D eigenvalue weighted by atomic mass is 16.1. The van der Waals surface area contributed by atoms with Crippen molar-refractivity contribution in [1.82, 2.24) is 20.3 Å². The first kappa shape index (κ1) is 17.4. The summed E-state index contributed by atoms with van der Waals surface area (Å²) < 4.78 is 0. The van der Waals surface area contributed by atoms with E-state index in [1.165, 1.54) is 19.3 Å². The first-order chi connectivity index (χ1) is 13.2. The zero-order chi connectivity index (χ0) is 18.6. The van der Waals surface area contributed by atoms with Gasteiger partial charge in [-0.05, 0) is 56.5 Å². The van der Waals surface area contributed by atoms with Crippen LogP contribution in [0.1, 0.15) is 41.0 Å². The number of rotatable bonds is 4. The Bertz CT molecular complexity index is 948. The smallest absolute Gasteiger partial charge is 0.253 e. The third-order valence-electron chi connectivity index (χ3n) is 4.99. The molecule has 27 heavy (non-hydrogen) atoms. The van der Waals surface area contributed by atoms with Crippen LogP contribution in [0.4, 0.5) is 5.69 Å². The molecular weight excluding hydrogens is 338 g/mol. The number of amides is 1. The molecule has 4 rings (SSSR count). The SMILES string of the molecule is Cc1nc2ncccc2cc1C(=O)NCc1ccc(N2CCCCC2)cn1. The van der Waals surface area contributed by atoms with E-state index in [4.69, 9.17) is 0 Å². The van der Waals surface area contributed by atoms with Crippen LogP contribution in [0.3, 0.4) is 0 Å². The second-order valence-corrected chi connectivity index (χ2v) is 6.91. The van der Waals surface area contributed by atoms with Crippen molar-refractivity contribution in [3.8, 4) is 0 Å². The second-order valence-electron chi connectivity index (χ2n) is 6.91. The number of carbonyl (C=O) groups excluding carboxylic acids is 1. The van der Waals surface area contributed by atoms with Crippen molar-refractivity contribution in [2.24, 2.45) is 0 Å². The molecule has 0 bridgehead atoms. The summed E-state index contributed by atoms with van der Waals surface area (Å²) >= 11 is 0. The van der Waals surface area contributed by atoms with E-state index in [1.807, 2.05) is 37.4 Å². The maximum Gasteiger partial charge on any atom is 0.253 e. The third-order valence-corrected chi connectivity index (χ3v) is 4.99. The fourth-order valence-electron chi connectivity index (χ4n) is 3.45. The summed E-state index contributed by atoms with van der Waals surface area (Å²) in [4.78, 5) is 28.1. The zero-order valence-electron chi connectivity index (χ0n) is 15.5. The molecule has 0 atom stereocenters. The Balaban J connectivity index is 1.42. The number of fused-ring (bicyclic) bond motifs is 1. The number of aryl methyl sites for hydroxylation is 1. The maximum absolute atomic E-state index is 12.6. The first-order valence-electron chi connectivity index (χ1n) is 9.41. The minimum atomic E-state index is -0.146. The monoisotopic (exact) mass is 361 g/mol. The van der Waals surface area contributed by atoms with Gasteiger partial charge in [0.15, 0.2) is 5.65 Å². The number of piperidine rings is 1. The van der Waals surface area contributed by atoms with Gasteiger partial charge in [-0.1, -0.05) is 0 Å². The normalized spacial score (nSPS) is 14.3. The molecule has 0 aliphatic carbocycles. The van der Waals surface area contributed by atoms with Crippen molar-refractivity contribution in [1.29, 1.82) is 0 Å². The molecule has 1 amide bonds. The number of aromatic nitrogens is 3. The standard InChI is InChI=1S/C21H23N5O/c1-15-19(12-16-6-5-9-22-20(16)25-15)21(27)24-13-17-7-8-18(14-23-17)26-10-3-2-4-11-26/h5-9,12,14H,2-4,10-11,13H2,1H3,(H,24,27). The molecule has 0 radical (unpaired) electrons. The lowest BCUT2D eigenvalue weighted by molar-refractivity contribution is 0.0949. The van der Waals surface area contributed by atoms with Crippen molar-refractivity contribution in [3.05, 3.63) is 59.7 Å². The lowest BCUT2D eigenvalue weighted by Crippen LogP contribution is -2.29. The fourth-order valence-corrected chi connectivity index (χ4v) is 3.45. The molecule has 1 aliphatic rings. The zero-order valence-corrected chi connectivity index (χ0v) is 15.5. The molecule has 0 aromatic carbocycles. The van der Waals surface area contributed by atoms with Crippen molar-refractivity contribution in [2.45, 2.75) is 32.7 Å². The molecule has 1 N–H and O–H groups in total. The van der Waals surface area contributed by atoms with E-state index in [2.05, 4.69) is 31.2 Å². The molecule has 138 valence electrons. The first-order valence-corrected chi connectivity index (χ1v) is 9.41. The number of anilines is 1. The largest absolute Gasteiger partial charge is 0.370 e. The Morgan fingerprint density at radius 3 is 2.78 bits per heavy atom. The average Bonchev–Trinajstić information content (AvgIpc) is 2.72. The van der Waals surface area contributed by atoms with E-state index in [9.17, 15) is 4.79 Å². The number of hydrogen-bond acceptors (Lipinski definition) is 5. The quantitative estimate of drug-likeness (QED) is 0.772. The summed E-state index contributed by atoms with van der Waals surface area (Å²) in [5.74, 6) is -0.146. The number of pyridine rings is 3. The highest BCUT2D eigenvalue weighted by Gasteiger charge is 2.13. The van der Waals surface area contributed by atoms with E-state index < -0.39 is 0 Å². The Hall–Kier alpha value is -3.02. The Morgan fingerprint density at radius 1 is 1.15 bits per heavy atom. The van der Waals surface area contributed by atoms with Gasteiger partial charge in [0.05, 0.1) is 35.4 Å². The van der Waals surface area contributed by atoms with Crippen LogP contribution in [0.5, 0.6) is 0 Å². The molecule has 0 saturated carbocycles. The van der Waals surface area contributed by atoms with Crippen molar-refractivity contribution >= 4 is 22.6 Å². The fraction of sp³-hybridized carbons (Fsp3) is 0.333. The van der Waals surface area contributed by atoms with Gasteiger partial charge in [-0.3, -0.25) is 9.78 Å². The average molecular weight is 361 g/mol. The van der Waals surface area contributed by atoms with E-state index in [0.29, 0.717) is 23.4 Å². The van der Waals surface area contributed by atoms with Gasteiger partial charge in [-0.2, -0.15) is 0 Å². The van der Waals surface area contributed by atoms with Crippen LogP contribution in [-0.2, 0) is 6.54 Å². The minimum absolute atomic E-state index is 0.146. The van der Waals surface area contributed by atoms with Gasteiger partial charge in [-0.25, -0.2) is 9.97 Å². The number of hydrogen-bond donors (Lipinski definition) is 1. The van der Waals surface area contributed by atoms with E-state index in [0.717, 1.165) is 29.9 Å². The highest BCUT2D eigenvalue weighted by Crippen LogP contribution is 2.19. The van der Waals surface area contributed by atoms with E-state index in [-0.39, 0.29) is 5.91 Å². The van der Waals surface area contributed by atoms with Gasteiger partial charge >= 0.3 is 0 Å². The van der Waals surface area contributed by atoms with Crippen LogP contribution in [0.2, 0.25) is 0 Å². The van der Waals surface area contributed by atoms with Crippen molar-refractivity contribution < 1.29 is 4.79 Å². The van der Waals surface area contributed by atoms with Crippen LogP contribution in [0, 0.1) is 6.92 Å². The highest BCUT2D eigenvalue weighted by molar-refractivity contribution is 5.98. The molecule has 3 aromatic heterocycles. The van der Waals surface area contributed by atoms with Crippen molar-refractivity contribution in [2.75, 3.05) is 18.0 Å². The molecule has 1 saturated heterocycles. The molecule has 4 heterocycles. The van der Waals surface area contributed by atoms with E-state index >= 15 is 0 Å². The predicted octanol–water partition coefficient (Wildman–Crippen LogP) is 3.25. The maximum atomic E-state index is 12.6. The summed E-state index contributed by atoms with van der Waals surface area (Å²) in [6.45, 7) is 4.42. The molecule has 3 aromatic rings. The summed E-state index contributed by atoms with van der Waals surface area (Å²) in [6, 6.07) is 9.67. The molecule has 0 unspecified atom stereocenters. The second kappa shape index (κ2) is 7.70. The van der Waals surface area contributed by atoms with Crippen LogP contribution < -0.4 is 10.2 Å². The summed E-state index contributed by atoms with van der Waals surface area (Å²) in [6.07, 6.45) is 7.40.